The molecule has 2 aromatic carbocycles. The summed E-state index contributed by atoms with van der Waals surface area (Å²) in [6.07, 6.45) is 0. The fraction of sp³-hybridized carbons (Fsp3) is 0.333. The minimum Gasteiger partial charge on any atom is -0.342 e. The molecule has 1 unspecified atom stereocenters. The maximum Gasteiger partial charge on any atom is 0.275 e. The van der Waals surface area contributed by atoms with Gasteiger partial charge in [0.2, 0.25) is 5.91 Å². The Bertz CT molecular complexity index is 836. The minimum atomic E-state index is -0.277. The lowest BCUT2D eigenvalue weighted by molar-refractivity contribution is -0.885. The number of nitrogens with one attached hydrogen (secondary N) is 3. The molecule has 1 atom stereocenters. The Morgan fingerprint density at radius 3 is 2.52 bits per heavy atom. The standard InChI is InChI=1S/C21H26ClN3O2/c1-14-8-9-17(15(2)10-14)12-25(4)13-21(27)23-11-20(26)24-19-7-5-6-18(22)16(19)3/h5-10H,11-13H2,1-4H3,(H,23,27)(H,24,26)/p+1. The molecule has 0 aliphatic heterocycles. The second kappa shape index (κ2) is 9.53. The van der Waals surface area contributed by atoms with Gasteiger partial charge in [0.1, 0.15) is 6.54 Å². The number of likely N-dealkylation sites (N-methyl/N-ethyl adjacent to an activating group) is 1. The molecule has 0 saturated heterocycles. The van der Waals surface area contributed by atoms with Crippen molar-refractivity contribution in [1.29, 1.82) is 0 Å². The Balaban J connectivity index is 1.79. The predicted molar refractivity (Wildman–Crippen MR) is 109 cm³/mol. The molecule has 0 saturated carbocycles. The Kier molecular flexibility index (Phi) is 7.39. The van der Waals surface area contributed by atoms with Crippen LogP contribution in [0.25, 0.3) is 0 Å². The highest BCUT2D eigenvalue weighted by Crippen LogP contribution is 2.22. The van der Waals surface area contributed by atoms with Crippen molar-refractivity contribution in [3.8, 4) is 0 Å². The van der Waals surface area contributed by atoms with Crippen LogP contribution in [-0.2, 0) is 16.1 Å². The van der Waals surface area contributed by atoms with E-state index in [9.17, 15) is 9.59 Å². The molecule has 0 aliphatic carbocycles. The molecule has 6 heteroatoms. The van der Waals surface area contributed by atoms with Gasteiger partial charge in [-0.05, 0) is 44.0 Å². The third-order valence-corrected chi connectivity index (χ3v) is 4.85. The quantitative estimate of drug-likeness (QED) is 0.679. The normalized spacial score (nSPS) is 11.7. The lowest BCUT2D eigenvalue weighted by Crippen LogP contribution is -3.09. The molecule has 2 amide bonds. The van der Waals surface area contributed by atoms with Gasteiger partial charge < -0.3 is 15.5 Å². The van der Waals surface area contributed by atoms with E-state index in [2.05, 4.69) is 42.7 Å². The summed E-state index contributed by atoms with van der Waals surface area (Å²) in [5, 5.41) is 6.03. The van der Waals surface area contributed by atoms with E-state index in [0.29, 0.717) is 17.3 Å². The molecular formula is C21H27ClN3O2+. The maximum atomic E-state index is 12.1. The monoisotopic (exact) mass is 388 g/mol. The van der Waals surface area contributed by atoms with Crippen molar-refractivity contribution in [1.82, 2.24) is 5.32 Å². The lowest BCUT2D eigenvalue weighted by Gasteiger charge is -2.16. The van der Waals surface area contributed by atoms with E-state index in [0.717, 1.165) is 17.0 Å². The summed E-state index contributed by atoms with van der Waals surface area (Å²) in [4.78, 5) is 25.2. The van der Waals surface area contributed by atoms with Crippen molar-refractivity contribution >= 4 is 29.1 Å². The van der Waals surface area contributed by atoms with Crippen LogP contribution in [0.5, 0.6) is 0 Å². The highest BCUT2D eigenvalue weighted by molar-refractivity contribution is 6.31. The summed E-state index contributed by atoms with van der Waals surface area (Å²) in [6, 6.07) is 11.6. The van der Waals surface area contributed by atoms with Crippen LogP contribution in [0.1, 0.15) is 22.3 Å². The molecule has 5 nitrogen and oxygen atoms in total. The Hall–Kier alpha value is -2.37. The van der Waals surface area contributed by atoms with Crippen molar-refractivity contribution in [3.63, 3.8) is 0 Å². The molecule has 0 aromatic heterocycles. The number of hydrogen-bond donors (Lipinski definition) is 3. The molecule has 0 bridgehead atoms. The van der Waals surface area contributed by atoms with Crippen molar-refractivity contribution in [2.75, 3.05) is 25.5 Å². The zero-order chi connectivity index (χ0) is 20.0. The molecule has 3 N–H and O–H groups in total. The minimum absolute atomic E-state index is 0.0678. The van der Waals surface area contributed by atoms with E-state index in [-0.39, 0.29) is 18.4 Å². The van der Waals surface area contributed by atoms with Gasteiger partial charge in [0.25, 0.3) is 5.91 Å². The fourth-order valence-corrected chi connectivity index (χ4v) is 3.06. The summed E-state index contributed by atoms with van der Waals surface area (Å²) in [5.74, 6) is -0.434. The largest absolute Gasteiger partial charge is 0.342 e. The Morgan fingerprint density at radius 1 is 1.07 bits per heavy atom. The van der Waals surface area contributed by atoms with Crippen molar-refractivity contribution < 1.29 is 14.5 Å². The van der Waals surface area contributed by atoms with Crippen LogP contribution >= 0.6 is 11.6 Å². The summed E-state index contributed by atoms with van der Waals surface area (Å²) in [5.41, 5.74) is 5.13. The number of quaternary nitrogens is 1. The Morgan fingerprint density at radius 2 is 1.81 bits per heavy atom. The van der Waals surface area contributed by atoms with E-state index in [1.165, 1.54) is 16.7 Å². The van der Waals surface area contributed by atoms with Gasteiger partial charge in [-0.2, -0.15) is 0 Å². The van der Waals surface area contributed by atoms with Crippen molar-refractivity contribution in [3.05, 3.63) is 63.7 Å². The maximum absolute atomic E-state index is 12.1. The Labute approximate surface area is 165 Å². The number of rotatable bonds is 7. The average Bonchev–Trinajstić information content (AvgIpc) is 2.59. The topological polar surface area (TPSA) is 62.6 Å². The second-order valence-electron chi connectivity index (χ2n) is 6.98. The predicted octanol–water partition coefficient (Wildman–Crippen LogP) is 2.03. The van der Waals surface area contributed by atoms with E-state index >= 15 is 0 Å². The van der Waals surface area contributed by atoms with E-state index < -0.39 is 0 Å². The van der Waals surface area contributed by atoms with Gasteiger partial charge in [-0.25, -0.2) is 0 Å². The third kappa shape index (κ3) is 6.38. The van der Waals surface area contributed by atoms with Crippen LogP contribution in [0, 0.1) is 20.8 Å². The molecule has 0 aliphatic rings. The average molecular weight is 389 g/mol. The number of carbonyl (C=O) groups excluding carboxylic acids is 2. The third-order valence-electron chi connectivity index (χ3n) is 4.44. The zero-order valence-electron chi connectivity index (χ0n) is 16.3. The van der Waals surface area contributed by atoms with Gasteiger partial charge in [0.05, 0.1) is 13.6 Å². The number of aryl methyl sites for hydroxylation is 2. The van der Waals surface area contributed by atoms with Gasteiger partial charge in [-0.1, -0.05) is 41.4 Å². The number of hydrogen-bond acceptors (Lipinski definition) is 2. The second-order valence-corrected chi connectivity index (χ2v) is 7.39. The first kappa shape index (κ1) is 20.9. The summed E-state index contributed by atoms with van der Waals surface area (Å²) in [7, 11) is 1.97. The zero-order valence-corrected chi connectivity index (χ0v) is 17.0. The molecular weight excluding hydrogens is 362 g/mol. The smallest absolute Gasteiger partial charge is 0.275 e. The van der Waals surface area contributed by atoms with Crippen LogP contribution in [0.4, 0.5) is 5.69 Å². The van der Waals surface area contributed by atoms with Gasteiger partial charge in [-0.3, -0.25) is 9.59 Å². The SMILES string of the molecule is Cc1ccc(C[NH+](C)CC(=O)NCC(=O)Nc2cccc(Cl)c2C)c(C)c1. The number of benzene rings is 2. The summed E-state index contributed by atoms with van der Waals surface area (Å²) < 4.78 is 0. The molecule has 0 spiro atoms. The molecule has 0 heterocycles. The van der Waals surface area contributed by atoms with Crippen molar-refractivity contribution in [2.45, 2.75) is 27.3 Å². The number of carbonyl (C=O) groups is 2. The van der Waals surface area contributed by atoms with Gasteiger partial charge in [-0.15, -0.1) is 0 Å². The molecule has 2 rings (SSSR count). The number of halogens is 1. The highest BCUT2D eigenvalue weighted by atomic mass is 35.5. The summed E-state index contributed by atoms with van der Waals surface area (Å²) in [6.45, 7) is 6.97. The van der Waals surface area contributed by atoms with Gasteiger partial charge in [0.15, 0.2) is 6.54 Å². The number of amides is 2. The first-order chi connectivity index (χ1) is 12.8. The number of anilines is 1. The van der Waals surface area contributed by atoms with Gasteiger partial charge >= 0.3 is 0 Å². The molecule has 144 valence electrons. The first-order valence-electron chi connectivity index (χ1n) is 8.95. The van der Waals surface area contributed by atoms with Gasteiger partial charge in [0, 0.05) is 16.3 Å². The van der Waals surface area contributed by atoms with Crippen LogP contribution in [-0.4, -0.2) is 32.0 Å². The molecule has 27 heavy (non-hydrogen) atoms. The van der Waals surface area contributed by atoms with Crippen LogP contribution in [0.3, 0.4) is 0 Å². The van der Waals surface area contributed by atoms with Crippen molar-refractivity contribution in [2.24, 2.45) is 0 Å². The lowest BCUT2D eigenvalue weighted by atomic mass is 10.1. The van der Waals surface area contributed by atoms with Crippen LogP contribution in [0.15, 0.2) is 36.4 Å². The molecule has 0 radical (unpaired) electrons. The molecule has 2 aromatic rings. The van der Waals surface area contributed by atoms with Crippen LogP contribution in [0.2, 0.25) is 5.02 Å². The first-order valence-corrected chi connectivity index (χ1v) is 9.33. The molecule has 0 fully saturated rings. The van der Waals surface area contributed by atoms with Crippen LogP contribution < -0.4 is 15.5 Å². The van der Waals surface area contributed by atoms with E-state index in [1.807, 2.05) is 14.0 Å². The fourth-order valence-electron chi connectivity index (χ4n) is 2.88. The van der Waals surface area contributed by atoms with E-state index in [1.54, 1.807) is 18.2 Å². The van der Waals surface area contributed by atoms with E-state index in [4.69, 9.17) is 11.6 Å². The highest BCUT2D eigenvalue weighted by Gasteiger charge is 2.13. The summed E-state index contributed by atoms with van der Waals surface area (Å²) >= 11 is 6.04.